The predicted octanol–water partition coefficient (Wildman–Crippen LogP) is 0.642. The number of urea groups is 1. The first-order chi connectivity index (χ1) is 8.29. The highest BCUT2D eigenvalue weighted by atomic mass is 32.1. The second-order valence-electron chi connectivity index (χ2n) is 3.70. The van der Waals surface area contributed by atoms with E-state index >= 15 is 0 Å². The Kier molecular flexibility index (Phi) is 4.27. The number of amides is 2. The van der Waals surface area contributed by atoms with Crippen LogP contribution in [0, 0.1) is 0 Å². The van der Waals surface area contributed by atoms with E-state index in [9.17, 15) is 4.79 Å². The van der Waals surface area contributed by atoms with Crippen LogP contribution < -0.4 is 5.32 Å². The molecule has 1 aliphatic heterocycles. The van der Waals surface area contributed by atoms with E-state index in [0.717, 1.165) is 16.4 Å². The zero-order valence-electron chi connectivity index (χ0n) is 9.81. The molecule has 0 spiro atoms. The number of morpholine rings is 1. The first kappa shape index (κ1) is 12.3. The predicted molar refractivity (Wildman–Crippen MR) is 63.9 cm³/mol. The number of hydrogen-bond donors (Lipinski definition) is 1. The SMILES string of the molecule is CCc1nnc(CNC(=O)N2CCOCC2)s1. The van der Waals surface area contributed by atoms with E-state index in [1.54, 1.807) is 16.2 Å². The second-order valence-corrected chi connectivity index (χ2v) is 4.85. The summed E-state index contributed by atoms with van der Waals surface area (Å²) in [7, 11) is 0. The number of hydrogen-bond acceptors (Lipinski definition) is 5. The van der Waals surface area contributed by atoms with E-state index in [4.69, 9.17) is 4.74 Å². The van der Waals surface area contributed by atoms with Crippen molar-refractivity contribution in [3.05, 3.63) is 10.0 Å². The Balaban J connectivity index is 1.78. The van der Waals surface area contributed by atoms with E-state index in [1.807, 2.05) is 6.92 Å². The molecule has 1 N–H and O–H groups in total. The molecule has 1 aromatic rings. The highest BCUT2D eigenvalue weighted by molar-refractivity contribution is 7.11. The van der Waals surface area contributed by atoms with Crippen molar-refractivity contribution in [2.75, 3.05) is 26.3 Å². The summed E-state index contributed by atoms with van der Waals surface area (Å²) in [5, 5.41) is 12.7. The summed E-state index contributed by atoms with van der Waals surface area (Å²) in [6.07, 6.45) is 0.884. The third-order valence-corrected chi connectivity index (χ3v) is 3.57. The van der Waals surface area contributed by atoms with Gasteiger partial charge in [0, 0.05) is 13.1 Å². The highest BCUT2D eigenvalue weighted by Crippen LogP contribution is 2.09. The summed E-state index contributed by atoms with van der Waals surface area (Å²) >= 11 is 1.54. The maximum absolute atomic E-state index is 11.8. The Morgan fingerprint density at radius 3 is 2.76 bits per heavy atom. The molecule has 6 nitrogen and oxygen atoms in total. The van der Waals surface area contributed by atoms with E-state index in [-0.39, 0.29) is 6.03 Å². The van der Waals surface area contributed by atoms with E-state index in [1.165, 1.54) is 0 Å². The van der Waals surface area contributed by atoms with Crippen LogP contribution in [0.1, 0.15) is 16.9 Å². The van der Waals surface area contributed by atoms with E-state index in [0.29, 0.717) is 32.8 Å². The second kappa shape index (κ2) is 5.92. The standard InChI is InChI=1S/C10H16N4O2S/c1-2-8-12-13-9(17-8)7-11-10(15)14-3-5-16-6-4-14/h2-7H2,1H3,(H,11,15). The summed E-state index contributed by atoms with van der Waals surface area (Å²) in [6, 6.07) is -0.0541. The molecule has 7 heteroatoms. The first-order valence-electron chi connectivity index (χ1n) is 5.71. The van der Waals surface area contributed by atoms with Crippen molar-refractivity contribution in [1.29, 1.82) is 0 Å². The Morgan fingerprint density at radius 2 is 2.12 bits per heavy atom. The maximum atomic E-state index is 11.8. The first-order valence-corrected chi connectivity index (χ1v) is 6.53. The van der Waals surface area contributed by atoms with Crippen LogP contribution in [-0.2, 0) is 17.7 Å². The van der Waals surface area contributed by atoms with Gasteiger partial charge in [0.1, 0.15) is 10.0 Å². The molecule has 17 heavy (non-hydrogen) atoms. The Hall–Kier alpha value is -1.21. The van der Waals surface area contributed by atoms with Gasteiger partial charge in [0.05, 0.1) is 19.8 Å². The van der Waals surface area contributed by atoms with Crippen molar-refractivity contribution < 1.29 is 9.53 Å². The molecule has 0 aliphatic carbocycles. The lowest BCUT2D eigenvalue weighted by Gasteiger charge is -2.26. The number of ether oxygens (including phenoxy) is 1. The van der Waals surface area contributed by atoms with Crippen LogP contribution in [0.15, 0.2) is 0 Å². The zero-order valence-corrected chi connectivity index (χ0v) is 10.6. The molecule has 0 bridgehead atoms. The molecule has 0 unspecified atom stereocenters. The van der Waals surface area contributed by atoms with Gasteiger partial charge in [-0.15, -0.1) is 10.2 Å². The lowest BCUT2D eigenvalue weighted by atomic mass is 10.4. The van der Waals surface area contributed by atoms with Crippen molar-refractivity contribution >= 4 is 17.4 Å². The number of aryl methyl sites for hydroxylation is 1. The lowest BCUT2D eigenvalue weighted by Crippen LogP contribution is -2.45. The Morgan fingerprint density at radius 1 is 1.41 bits per heavy atom. The number of carbonyl (C=O) groups excluding carboxylic acids is 1. The van der Waals surface area contributed by atoms with Crippen LogP contribution in [-0.4, -0.2) is 47.4 Å². The van der Waals surface area contributed by atoms with Gasteiger partial charge in [0.2, 0.25) is 0 Å². The number of rotatable bonds is 3. The number of aromatic nitrogens is 2. The van der Waals surface area contributed by atoms with Crippen LogP contribution in [0.25, 0.3) is 0 Å². The molecule has 1 fully saturated rings. The summed E-state index contributed by atoms with van der Waals surface area (Å²) < 4.78 is 5.19. The van der Waals surface area contributed by atoms with Gasteiger partial charge >= 0.3 is 6.03 Å². The summed E-state index contributed by atoms with van der Waals surface area (Å²) in [4.78, 5) is 13.5. The zero-order chi connectivity index (χ0) is 12.1. The average Bonchev–Trinajstić information content (AvgIpc) is 2.85. The van der Waals surface area contributed by atoms with Crippen LogP contribution in [0.4, 0.5) is 4.79 Å². The molecular formula is C10H16N4O2S. The number of nitrogens with one attached hydrogen (secondary N) is 1. The average molecular weight is 256 g/mol. The molecule has 2 heterocycles. The lowest BCUT2D eigenvalue weighted by molar-refractivity contribution is 0.0531. The van der Waals surface area contributed by atoms with Crippen molar-refractivity contribution in [3.8, 4) is 0 Å². The van der Waals surface area contributed by atoms with Crippen molar-refractivity contribution in [2.24, 2.45) is 0 Å². The van der Waals surface area contributed by atoms with Gasteiger partial charge in [0.15, 0.2) is 0 Å². The van der Waals surface area contributed by atoms with Gasteiger partial charge in [-0.1, -0.05) is 18.3 Å². The van der Waals surface area contributed by atoms with Crippen molar-refractivity contribution in [2.45, 2.75) is 19.9 Å². The Bertz CT molecular complexity index is 376. The van der Waals surface area contributed by atoms with Crippen molar-refractivity contribution in [3.63, 3.8) is 0 Å². The Labute approximate surface area is 104 Å². The highest BCUT2D eigenvalue weighted by Gasteiger charge is 2.16. The molecule has 1 aromatic heterocycles. The molecule has 0 radical (unpaired) electrons. The molecule has 1 aliphatic rings. The van der Waals surface area contributed by atoms with Gasteiger partial charge in [-0.05, 0) is 6.42 Å². The van der Waals surface area contributed by atoms with Gasteiger partial charge in [0.25, 0.3) is 0 Å². The monoisotopic (exact) mass is 256 g/mol. The molecule has 94 valence electrons. The quantitative estimate of drug-likeness (QED) is 0.862. The summed E-state index contributed by atoms with van der Waals surface area (Å²) in [6.45, 7) is 5.03. The third-order valence-electron chi connectivity index (χ3n) is 2.50. The fourth-order valence-corrected chi connectivity index (χ4v) is 2.26. The maximum Gasteiger partial charge on any atom is 0.317 e. The van der Waals surface area contributed by atoms with Gasteiger partial charge < -0.3 is 15.0 Å². The topological polar surface area (TPSA) is 67.4 Å². The third kappa shape index (κ3) is 3.37. The molecule has 0 saturated carbocycles. The number of carbonyl (C=O) groups is 1. The van der Waals surface area contributed by atoms with Crippen LogP contribution in [0.2, 0.25) is 0 Å². The molecule has 0 aromatic carbocycles. The fraction of sp³-hybridized carbons (Fsp3) is 0.700. The van der Waals surface area contributed by atoms with Crippen LogP contribution in [0.3, 0.4) is 0 Å². The summed E-state index contributed by atoms with van der Waals surface area (Å²) in [5.74, 6) is 0. The van der Waals surface area contributed by atoms with Crippen LogP contribution in [0.5, 0.6) is 0 Å². The van der Waals surface area contributed by atoms with Gasteiger partial charge in [-0.3, -0.25) is 0 Å². The summed E-state index contributed by atoms with van der Waals surface area (Å²) in [5.41, 5.74) is 0. The molecule has 1 saturated heterocycles. The van der Waals surface area contributed by atoms with E-state index < -0.39 is 0 Å². The molecular weight excluding hydrogens is 240 g/mol. The molecule has 2 amide bonds. The smallest absolute Gasteiger partial charge is 0.317 e. The largest absolute Gasteiger partial charge is 0.378 e. The van der Waals surface area contributed by atoms with Gasteiger partial charge in [-0.25, -0.2) is 4.79 Å². The van der Waals surface area contributed by atoms with Crippen LogP contribution >= 0.6 is 11.3 Å². The van der Waals surface area contributed by atoms with Crippen molar-refractivity contribution in [1.82, 2.24) is 20.4 Å². The minimum atomic E-state index is -0.0541. The number of nitrogens with zero attached hydrogens (tertiary/aromatic N) is 3. The minimum absolute atomic E-state index is 0.0541. The minimum Gasteiger partial charge on any atom is -0.378 e. The molecule has 0 atom stereocenters. The fourth-order valence-electron chi connectivity index (χ4n) is 1.53. The van der Waals surface area contributed by atoms with E-state index in [2.05, 4.69) is 15.5 Å². The van der Waals surface area contributed by atoms with Gasteiger partial charge in [-0.2, -0.15) is 0 Å². The normalized spacial score (nSPS) is 15.9. The molecule has 2 rings (SSSR count).